The highest BCUT2D eigenvalue weighted by molar-refractivity contribution is 6.74. The van der Waals surface area contributed by atoms with Crippen molar-refractivity contribution >= 4 is 14.3 Å². The van der Waals surface area contributed by atoms with Crippen molar-refractivity contribution in [1.29, 1.82) is 0 Å². The number of hydrogen-bond donors (Lipinski definition) is 0. The molecule has 4 heteroatoms. The average molecular weight is 315 g/mol. The first-order valence-electron chi connectivity index (χ1n) is 7.93. The third-order valence-electron chi connectivity index (χ3n) is 4.44. The van der Waals surface area contributed by atoms with E-state index >= 15 is 0 Å². The molecule has 0 saturated carbocycles. The van der Waals surface area contributed by atoms with E-state index in [1.807, 2.05) is 19.9 Å². The fraction of sp³-hybridized carbons (Fsp3) is 0.824. The second-order valence-corrected chi connectivity index (χ2v) is 12.2. The van der Waals surface area contributed by atoms with Crippen LogP contribution in [0.3, 0.4) is 0 Å². The Balaban J connectivity index is 4.74. The minimum Gasteiger partial charge on any atom is -0.466 e. The van der Waals surface area contributed by atoms with Gasteiger partial charge in [-0.1, -0.05) is 40.7 Å². The van der Waals surface area contributed by atoms with Gasteiger partial charge in [0.05, 0.1) is 18.6 Å². The maximum absolute atomic E-state index is 11.8. The van der Waals surface area contributed by atoms with Crippen LogP contribution in [-0.4, -0.2) is 27.0 Å². The molecule has 3 nitrogen and oxygen atoms in total. The van der Waals surface area contributed by atoms with E-state index in [0.29, 0.717) is 6.61 Å². The van der Waals surface area contributed by atoms with Gasteiger partial charge in [0.1, 0.15) is 0 Å². The van der Waals surface area contributed by atoms with Gasteiger partial charge in [-0.05, 0) is 37.4 Å². The SMILES string of the molecule is C=C[C@@H](O[Si](C)(C)C(C)(C)C)[C@H](C)CC(C)C(=O)OCC. The highest BCUT2D eigenvalue weighted by atomic mass is 28.4. The van der Waals surface area contributed by atoms with Crippen LogP contribution < -0.4 is 0 Å². The summed E-state index contributed by atoms with van der Waals surface area (Å²) in [5, 5.41) is 0.167. The lowest BCUT2D eigenvalue weighted by atomic mass is 9.93. The molecule has 0 aromatic carbocycles. The molecule has 1 unspecified atom stereocenters. The van der Waals surface area contributed by atoms with Gasteiger partial charge in [-0.25, -0.2) is 0 Å². The first kappa shape index (κ1) is 20.4. The Bertz CT molecular complexity index is 344. The van der Waals surface area contributed by atoms with Gasteiger partial charge in [-0.2, -0.15) is 0 Å². The average Bonchev–Trinajstić information content (AvgIpc) is 2.34. The zero-order chi connectivity index (χ0) is 16.8. The maximum Gasteiger partial charge on any atom is 0.308 e. The summed E-state index contributed by atoms with van der Waals surface area (Å²) in [6.07, 6.45) is 2.62. The zero-order valence-corrected chi connectivity index (χ0v) is 16.2. The van der Waals surface area contributed by atoms with E-state index in [2.05, 4.69) is 47.4 Å². The molecular formula is C17H34O3Si. The predicted molar refractivity (Wildman–Crippen MR) is 91.8 cm³/mol. The van der Waals surface area contributed by atoms with Crippen LogP contribution in [0.2, 0.25) is 18.1 Å². The molecule has 0 aromatic rings. The molecule has 0 N–H and O–H groups in total. The van der Waals surface area contributed by atoms with Crippen molar-refractivity contribution in [3.05, 3.63) is 12.7 Å². The molecule has 0 rings (SSSR count). The fourth-order valence-electron chi connectivity index (χ4n) is 1.99. The lowest BCUT2D eigenvalue weighted by Gasteiger charge is -2.40. The molecular weight excluding hydrogens is 280 g/mol. The van der Waals surface area contributed by atoms with Gasteiger partial charge < -0.3 is 9.16 Å². The van der Waals surface area contributed by atoms with Crippen molar-refractivity contribution in [2.45, 2.75) is 72.2 Å². The minimum absolute atomic E-state index is 0.0113. The topological polar surface area (TPSA) is 35.5 Å². The van der Waals surface area contributed by atoms with E-state index in [1.54, 1.807) is 0 Å². The molecule has 0 spiro atoms. The normalized spacial score (nSPS) is 17.0. The second-order valence-electron chi connectivity index (χ2n) is 7.44. The van der Waals surface area contributed by atoms with Gasteiger partial charge in [-0.15, -0.1) is 6.58 Å². The first-order chi connectivity index (χ1) is 9.46. The van der Waals surface area contributed by atoms with Crippen molar-refractivity contribution in [1.82, 2.24) is 0 Å². The molecule has 0 bridgehead atoms. The van der Waals surface area contributed by atoms with E-state index in [4.69, 9.17) is 9.16 Å². The Morgan fingerprint density at radius 1 is 1.29 bits per heavy atom. The van der Waals surface area contributed by atoms with E-state index in [1.165, 1.54) is 0 Å². The monoisotopic (exact) mass is 314 g/mol. The van der Waals surface area contributed by atoms with Gasteiger partial charge in [0.15, 0.2) is 8.32 Å². The predicted octanol–water partition coefficient (Wildman–Crippen LogP) is 4.79. The lowest BCUT2D eigenvalue weighted by Crippen LogP contribution is -2.45. The Kier molecular flexibility index (Phi) is 7.90. The van der Waals surface area contributed by atoms with Gasteiger partial charge in [-0.3, -0.25) is 4.79 Å². The van der Waals surface area contributed by atoms with Crippen molar-refractivity contribution in [2.24, 2.45) is 11.8 Å². The van der Waals surface area contributed by atoms with Gasteiger partial charge in [0.25, 0.3) is 0 Å². The van der Waals surface area contributed by atoms with Crippen LogP contribution >= 0.6 is 0 Å². The Labute approximate surface area is 132 Å². The van der Waals surface area contributed by atoms with Crippen LogP contribution in [0.5, 0.6) is 0 Å². The molecule has 0 aromatic heterocycles. The Hall–Kier alpha value is -0.613. The molecule has 0 heterocycles. The van der Waals surface area contributed by atoms with Crippen LogP contribution in [-0.2, 0) is 14.0 Å². The first-order valence-corrected chi connectivity index (χ1v) is 10.8. The molecule has 21 heavy (non-hydrogen) atoms. The summed E-state index contributed by atoms with van der Waals surface area (Å²) in [6, 6.07) is 0. The van der Waals surface area contributed by atoms with Crippen LogP contribution in [0.15, 0.2) is 12.7 Å². The van der Waals surface area contributed by atoms with E-state index in [9.17, 15) is 4.79 Å². The van der Waals surface area contributed by atoms with E-state index in [-0.39, 0.29) is 28.9 Å². The van der Waals surface area contributed by atoms with Gasteiger partial charge in [0.2, 0.25) is 0 Å². The van der Waals surface area contributed by atoms with Crippen LogP contribution in [0.4, 0.5) is 0 Å². The number of ether oxygens (including phenoxy) is 1. The Morgan fingerprint density at radius 3 is 2.19 bits per heavy atom. The summed E-state index contributed by atoms with van der Waals surface area (Å²) in [7, 11) is -1.83. The van der Waals surface area contributed by atoms with Crippen LogP contribution in [0.1, 0.15) is 48.0 Å². The number of carbonyl (C=O) groups excluding carboxylic acids is 1. The number of hydrogen-bond acceptors (Lipinski definition) is 3. The number of rotatable bonds is 8. The minimum atomic E-state index is -1.83. The zero-order valence-electron chi connectivity index (χ0n) is 15.2. The van der Waals surface area contributed by atoms with Crippen molar-refractivity contribution in [3.8, 4) is 0 Å². The third-order valence-corrected chi connectivity index (χ3v) is 8.92. The summed E-state index contributed by atoms with van der Waals surface area (Å²) in [5.74, 6) is 0.0148. The molecule has 124 valence electrons. The van der Waals surface area contributed by atoms with Crippen molar-refractivity contribution in [2.75, 3.05) is 6.61 Å². The molecule has 0 amide bonds. The maximum atomic E-state index is 11.8. The molecule has 0 radical (unpaired) electrons. The highest BCUT2D eigenvalue weighted by Gasteiger charge is 2.39. The van der Waals surface area contributed by atoms with Crippen LogP contribution in [0.25, 0.3) is 0 Å². The molecule has 0 aliphatic rings. The summed E-state index contributed by atoms with van der Waals surface area (Å²) >= 11 is 0. The fourth-order valence-corrected chi connectivity index (χ4v) is 3.35. The van der Waals surface area contributed by atoms with E-state index < -0.39 is 8.32 Å². The highest BCUT2D eigenvalue weighted by Crippen LogP contribution is 2.38. The number of esters is 1. The molecule has 0 saturated heterocycles. The number of carbonyl (C=O) groups is 1. The summed E-state index contributed by atoms with van der Waals surface area (Å²) in [5.41, 5.74) is 0. The van der Waals surface area contributed by atoms with Crippen molar-refractivity contribution < 1.29 is 14.0 Å². The van der Waals surface area contributed by atoms with Crippen molar-refractivity contribution in [3.63, 3.8) is 0 Å². The quantitative estimate of drug-likeness (QED) is 0.367. The van der Waals surface area contributed by atoms with Gasteiger partial charge in [0, 0.05) is 0 Å². The lowest BCUT2D eigenvalue weighted by molar-refractivity contribution is -0.148. The van der Waals surface area contributed by atoms with Gasteiger partial charge >= 0.3 is 5.97 Å². The molecule has 0 fully saturated rings. The molecule has 3 atom stereocenters. The largest absolute Gasteiger partial charge is 0.466 e. The summed E-state index contributed by atoms with van der Waals surface area (Å²) in [6.45, 7) is 21.4. The van der Waals surface area contributed by atoms with E-state index in [0.717, 1.165) is 6.42 Å². The summed E-state index contributed by atoms with van der Waals surface area (Å²) in [4.78, 5) is 11.8. The third kappa shape index (κ3) is 6.35. The molecule has 0 aliphatic carbocycles. The second kappa shape index (κ2) is 8.13. The Morgan fingerprint density at radius 2 is 1.81 bits per heavy atom. The smallest absolute Gasteiger partial charge is 0.308 e. The standard InChI is InChI=1S/C17H34O3Si/c1-10-15(20-21(8,9)17(5,6)7)13(3)12-14(4)16(18)19-11-2/h10,13-15H,1,11-12H2,2-9H3/t13-,14?,15-/m1/s1. The molecule has 0 aliphatic heterocycles. The summed E-state index contributed by atoms with van der Waals surface area (Å²) < 4.78 is 11.5. The van der Waals surface area contributed by atoms with Crippen LogP contribution in [0, 0.1) is 11.8 Å².